The zero-order valence-electron chi connectivity index (χ0n) is 13.2. The topological polar surface area (TPSA) is 47.0 Å². The maximum atomic E-state index is 5.92. The summed E-state index contributed by atoms with van der Waals surface area (Å²) in [6.45, 7) is 4.49. The van der Waals surface area contributed by atoms with Crippen LogP contribution in [0.4, 0.5) is 11.5 Å². The van der Waals surface area contributed by atoms with Crippen LogP contribution in [0.1, 0.15) is 0 Å². The highest BCUT2D eigenvalue weighted by molar-refractivity contribution is 7.65. The first-order valence-corrected chi connectivity index (χ1v) is 9.74. The summed E-state index contributed by atoms with van der Waals surface area (Å²) < 4.78 is 5.32. The zero-order valence-corrected chi connectivity index (χ0v) is 14.8. The SMILES string of the molecule is COc1cnc(Cl)nc1Nc1ccc2ccccc2c1P(C)C. The molecule has 0 aliphatic rings. The summed E-state index contributed by atoms with van der Waals surface area (Å²) in [5, 5.41) is 7.34. The van der Waals surface area contributed by atoms with Crippen molar-refractivity contribution < 1.29 is 4.74 Å². The molecule has 0 unspecified atom stereocenters. The van der Waals surface area contributed by atoms with Crippen molar-refractivity contribution in [3.8, 4) is 5.75 Å². The Hall–Kier alpha value is -1.90. The number of hydrogen-bond acceptors (Lipinski definition) is 4. The van der Waals surface area contributed by atoms with Gasteiger partial charge in [-0.3, -0.25) is 0 Å². The molecule has 0 amide bonds. The molecular formula is C17H17ClN3OP. The first kappa shape index (κ1) is 16.0. The monoisotopic (exact) mass is 345 g/mol. The summed E-state index contributed by atoms with van der Waals surface area (Å²) in [6, 6.07) is 12.6. The van der Waals surface area contributed by atoms with Crippen LogP contribution in [0.2, 0.25) is 5.28 Å². The van der Waals surface area contributed by atoms with E-state index in [-0.39, 0.29) is 13.2 Å². The van der Waals surface area contributed by atoms with Gasteiger partial charge in [0.05, 0.1) is 13.3 Å². The van der Waals surface area contributed by atoms with Crippen LogP contribution in [0.15, 0.2) is 42.6 Å². The smallest absolute Gasteiger partial charge is 0.224 e. The molecule has 0 saturated heterocycles. The second kappa shape index (κ2) is 6.69. The van der Waals surface area contributed by atoms with Crippen LogP contribution < -0.4 is 15.4 Å². The minimum atomic E-state index is -0.314. The molecule has 0 aliphatic carbocycles. The van der Waals surface area contributed by atoms with Crippen LogP contribution in [-0.2, 0) is 0 Å². The van der Waals surface area contributed by atoms with Gasteiger partial charge in [0, 0.05) is 11.0 Å². The van der Waals surface area contributed by atoms with Crippen molar-refractivity contribution in [2.75, 3.05) is 25.8 Å². The highest BCUT2D eigenvalue weighted by Crippen LogP contribution is 2.35. The lowest BCUT2D eigenvalue weighted by molar-refractivity contribution is 0.413. The predicted molar refractivity (Wildman–Crippen MR) is 99.2 cm³/mol. The number of halogens is 1. The average molecular weight is 346 g/mol. The van der Waals surface area contributed by atoms with Crippen molar-refractivity contribution in [1.29, 1.82) is 0 Å². The number of fused-ring (bicyclic) bond motifs is 1. The van der Waals surface area contributed by atoms with Gasteiger partial charge in [-0.15, -0.1) is 0 Å². The van der Waals surface area contributed by atoms with E-state index < -0.39 is 0 Å². The quantitative estimate of drug-likeness (QED) is 0.562. The molecule has 0 fully saturated rings. The molecule has 3 aromatic rings. The molecule has 0 saturated carbocycles. The van der Waals surface area contributed by atoms with Gasteiger partial charge in [0.2, 0.25) is 5.28 Å². The van der Waals surface area contributed by atoms with Gasteiger partial charge in [-0.05, 0) is 41.8 Å². The molecular weight excluding hydrogens is 329 g/mol. The third-order valence-corrected chi connectivity index (χ3v) is 5.10. The Kier molecular flexibility index (Phi) is 4.65. The molecule has 0 aliphatic heterocycles. The average Bonchev–Trinajstić information content (AvgIpc) is 2.54. The van der Waals surface area contributed by atoms with Crippen LogP contribution in [0.5, 0.6) is 5.75 Å². The summed E-state index contributed by atoms with van der Waals surface area (Å²) in [5.74, 6) is 1.13. The lowest BCUT2D eigenvalue weighted by Crippen LogP contribution is -2.10. The molecule has 2 aromatic carbocycles. The number of methoxy groups -OCH3 is 1. The van der Waals surface area contributed by atoms with Crippen molar-refractivity contribution in [2.45, 2.75) is 0 Å². The van der Waals surface area contributed by atoms with E-state index in [0.29, 0.717) is 11.6 Å². The predicted octanol–water partition coefficient (Wildman–Crippen LogP) is 4.40. The maximum absolute atomic E-state index is 5.92. The van der Waals surface area contributed by atoms with E-state index >= 15 is 0 Å². The van der Waals surface area contributed by atoms with Gasteiger partial charge < -0.3 is 10.1 Å². The van der Waals surface area contributed by atoms with E-state index in [1.165, 1.54) is 16.1 Å². The standard InChI is InChI=1S/C17H17ClN3OP/c1-22-14-10-19-17(18)21-16(14)20-13-9-8-11-6-4-5-7-12(11)15(13)23(2)3/h4-10H,1-3H3,(H,19,20,21). The summed E-state index contributed by atoms with van der Waals surface area (Å²) in [6.07, 6.45) is 1.57. The molecule has 4 nitrogen and oxygen atoms in total. The first-order chi connectivity index (χ1) is 11.1. The van der Waals surface area contributed by atoms with Gasteiger partial charge >= 0.3 is 0 Å². The highest BCUT2D eigenvalue weighted by Gasteiger charge is 2.14. The van der Waals surface area contributed by atoms with Crippen LogP contribution in [0.3, 0.4) is 0 Å². The van der Waals surface area contributed by atoms with Crippen molar-refractivity contribution in [3.05, 3.63) is 47.9 Å². The number of hydrogen-bond donors (Lipinski definition) is 1. The first-order valence-electron chi connectivity index (χ1n) is 7.13. The van der Waals surface area contributed by atoms with Gasteiger partial charge in [0.25, 0.3) is 0 Å². The molecule has 3 rings (SSSR count). The zero-order chi connectivity index (χ0) is 16.4. The van der Waals surface area contributed by atoms with Crippen molar-refractivity contribution in [2.24, 2.45) is 0 Å². The third kappa shape index (κ3) is 3.24. The number of ether oxygens (including phenoxy) is 1. The summed E-state index contributed by atoms with van der Waals surface area (Å²) >= 11 is 5.92. The summed E-state index contributed by atoms with van der Waals surface area (Å²) in [7, 11) is 1.28. The summed E-state index contributed by atoms with van der Waals surface area (Å²) in [5.41, 5.74) is 1.02. The number of nitrogens with zero attached hydrogens (tertiary/aromatic N) is 2. The van der Waals surface area contributed by atoms with Gasteiger partial charge in [-0.1, -0.05) is 38.3 Å². The molecule has 6 heteroatoms. The van der Waals surface area contributed by atoms with Gasteiger partial charge in [-0.2, -0.15) is 4.98 Å². The molecule has 1 heterocycles. The lowest BCUT2D eigenvalue weighted by Gasteiger charge is -2.18. The fourth-order valence-corrected chi connectivity index (χ4v) is 3.98. The second-order valence-corrected chi connectivity index (χ2v) is 7.83. The van der Waals surface area contributed by atoms with Crippen molar-refractivity contribution in [3.63, 3.8) is 0 Å². The van der Waals surface area contributed by atoms with E-state index in [4.69, 9.17) is 16.3 Å². The van der Waals surface area contributed by atoms with Gasteiger partial charge in [0.1, 0.15) is 0 Å². The number of nitrogens with one attached hydrogen (secondary N) is 1. The Balaban J connectivity index is 2.13. The Morgan fingerprint density at radius 2 is 1.91 bits per heavy atom. The molecule has 0 spiro atoms. The molecule has 1 N–H and O–H groups in total. The Morgan fingerprint density at radius 1 is 1.13 bits per heavy atom. The van der Waals surface area contributed by atoms with Gasteiger partial charge in [-0.25, -0.2) is 4.98 Å². The molecule has 118 valence electrons. The van der Waals surface area contributed by atoms with E-state index in [1.807, 2.05) is 0 Å². The number of benzene rings is 2. The van der Waals surface area contributed by atoms with Crippen molar-refractivity contribution in [1.82, 2.24) is 9.97 Å². The van der Waals surface area contributed by atoms with E-state index in [9.17, 15) is 0 Å². The lowest BCUT2D eigenvalue weighted by atomic mass is 10.1. The molecule has 0 bridgehead atoms. The maximum Gasteiger partial charge on any atom is 0.224 e. The van der Waals surface area contributed by atoms with E-state index in [1.54, 1.807) is 13.3 Å². The normalized spacial score (nSPS) is 11.0. The fraction of sp³-hybridized carbons (Fsp3) is 0.176. The van der Waals surface area contributed by atoms with Gasteiger partial charge in [0.15, 0.2) is 11.6 Å². The number of aromatic nitrogens is 2. The molecule has 0 radical (unpaired) electrons. The van der Waals surface area contributed by atoms with Crippen LogP contribution in [0, 0.1) is 0 Å². The Morgan fingerprint density at radius 3 is 2.65 bits per heavy atom. The minimum absolute atomic E-state index is 0.186. The Bertz CT molecular complexity index is 854. The largest absolute Gasteiger partial charge is 0.491 e. The van der Waals surface area contributed by atoms with E-state index in [0.717, 1.165) is 5.69 Å². The van der Waals surface area contributed by atoms with Crippen LogP contribution >= 0.6 is 19.5 Å². The van der Waals surface area contributed by atoms with Crippen LogP contribution in [-0.4, -0.2) is 30.4 Å². The Labute approximate surface area is 141 Å². The summed E-state index contributed by atoms with van der Waals surface area (Å²) in [4.78, 5) is 8.20. The van der Waals surface area contributed by atoms with Crippen molar-refractivity contribution >= 4 is 47.1 Å². The molecule has 23 heavy (non-hydrogen) atoms. The molecule has 1 aromatic heterocycles. The second-order valence-electron chi connectivity index (χ2n) is 5.26. The third-order valence-electron chi connectivity index (χ3n) is 3.55. The van der Waals surface area contributed by atoms with Crippen LogP contribution in [0.25, 0.3) is 10.8 Å². The number of anilines is 2. The minimum Gasteiger partial charge on any atom is -0.491 e. The molecule has 0 atom stereocenters. The van der Waals surface area contributed by atoms with E-state index in [2.05, 4.69) is 65.0 Å². The highest BCUT2D eigenvalue weighted by atomic mass is 35.5. The number of rotatable bonds is 4. The fourth-order valence-electron chi connectivity index (χ4n) is 2.55.